The molecule has 0 saturated heterocycles. The topological polar surface area (TPSA) is 32.9 Å². The molecular weight excluding hydrogens is 345 g/mol. The molecule has 2 aromatic carbocycles. The minimum Gasteiger partial charge on any atom is -0.360 e. The van der Waals surface area contributed by atoms with E-state index < -0.39 is 11.6 Å². The van der Waals surface area contributed by atoms with Gasteiger partial charge in [0.15, 0.2) is 5.78 Å². The second-order valence-electron chi connectivity index (χ2n) is 4.32. The van der Waals surface area contributed by atoms with Crippen molar-refractivity contribution in [2.24, 2.45) is 0 Å². The van der Waals surface area contributed by atoms with Crippen molar-refractivity contribution in [3.05, 3.63) is 69.0 Å². The molecule has 0 bridgehead atoms. The van der Waals surface area contributed by atoms with Crippen molar-refractivity contribution in [2.45, 2.75) is 0 Å². The molecule has 0 saturated carbocycles. The average Bonchev–Trinajstić information content (AvgIpc) is 2.81. The van der Waals surface area contributed by atoms with Crippen molar-refractivity contribution >= 4 is 44.2 Å². The van der Waals surface area contributed by atoms with Gasteiger partial charge in [-0.2, -0.15) is 0 Å². The Hall–Kier alpha value is -1.65. The summed E-state index contributed by atoms with van der Waals surface area (Å²) >= 11 is 9.30. The number of aromatic nitrogens is 1. The number of hydrogen-bond acceptors (Lipinski definition) is 1. The van der Waals surface area contributed by atoms with Gasteiger partial charge < -0.3 is 4.98 Å². The number of carbonyl (C=O) groups is 1. The zero-order valence-corrected chi connectivity index (χ0v) is 12.4. The lowest BCUT2D eigenvalue weighted by Gasteiger charge is -2.04. The average molecular weight is 353 g/mol. The van der Waals surface area contributed by atoms with Crippen LogP contribution in [-0.2, 0) is 0 Å². The molecule has 20 heavy (non-hydrogen) atoms. The molecule has 0 aliphatic rings. The lowest BCUT2D eigenvalue weighted by molar-refractivity contribution is 0.103. The number of fused-ring (bicyclic) bond motifs is 1. The van der Waals surface area contributed by atoms with Gasteiger partial charge >= 0.3 is 0 Å². The van der Waals surface area contributed by atoms with Crippen molar-refractivity contribution in [3.63, 3.8) is 0 Å². The second-order valence-corrected chi connectivity index (χ2v) is 5.64. The predicted octanol–water partition coefficient (Wildman–Crippen LogP) is 4.95. The van der Waals surface area contributed by atoms with Gasteiger partial charge in [-0.15, -0.1) is 0 Å². The summed E-state index contributed by atoms with van der Waals surface area (Å²) in [5.41, 5.74) is 1.10. The summed E-state index contributed by atoms with van der Waals surface area (Å²) in [4.78, 5) is 15.5. The van der Waals surface area contributed by atoms with Gasteiger partial charge in [-0.25, -0.2) is 4.39 Å². The molecule has 0 amide bonds. The van der Waals surface area contributed by atoms with Crippen LogP contribution in [0.1, 0.15) is 15.9 Å². The lowest BCUT2D eigenvalue weighted by atomic mass is 10.0. The summed E-state index contributed by atoms with van der Waals surface area (Å²) in [6.45, 7) is 0. The summed E-state index contributed by atoms with van der Waals surface area (Å²) in [6.07, 6.45) is 1.57. The standard InChI is InChI=1S/C15H8BrClFNO/c16-8-4-5-9-10(7-19-13(9)6-8)15(20)14-11(17)2-1-3-12(14)18/h1-7,19H. The minimum absolute atomic E-state index is 0.0991. The highest BCUT2D eigenvalue weighted by Crippen LogP contribution is 2.27. The molecule has 0 spiro atoms. The van der Waals surface area contributed by atoms with Gasteiger partial charge in [-0.1, -0.05) is 39.7 Å². The molecule has 1 N–H and O–H groups in total. The summed E-state index contributed by atoms with van der Waals surface area (Å²) in [5.74, 6) is -1.05. The first-order valence-electron chi connectivity index (χ1n) is 5.83. The van der Waals surface area contributed by atoms with Crippen LogP contribution < -0.4 is 0 Å². The molecule has 0 unspecified atom stereocenters. The number of H-pyrrole nitrogens is 1. The molecule has 0 aliphatic carbocycles. The first-order chi connectivity index (χ1) is 9.58. The quantitative estimate of drug-likeness (QED) is 0.650. The van der Waals surface area contributed by atoms with Gasteiger partial charge in [0.05, 0.1) is 10.6 Å². The van der Waals surface area contributed by atoms with Crippen LogP contribution in [0.25, 0.3) is 10.9 Å². The molecule has 5 heteroatoms. The Morgan fingerprint density at radius 3 is 2.80 bits per heavy atom. The molecule has 2 nitrogen and oxygen atoms in total. The number of nitrogens with one attached hydrogen (secondary N) is 1. The van der Waals surface area contributed by atoms with Gasteiger partial charge in [-0.05, 0) is 24.3 Å². The smallest absolute Gasteiger partial charge is 0.199 e. The Labute approximate surface area is 127 Å². The number of hydrogen-bond donors (Lipinski definition) is 1. The Morgan fingerprint density at radius 2 is 2.05 bits per heavy atom. The molecule has 1 heterocycles. The fraction of sp³-hybridized carbons (Fsp3) is 0. The zero-order chi connectivity index (χ0) is 14.3. The number of aromatic amines is 1. The van der Waals surface area contributed by atoms with Crippen LogP contribution in [0.4, 0.5) is 4.39 Å². The third-order valence-electron chi connectivity index (χ3n) is 3.08. The Balaban J connectivity index is 2.18. The van der Waals surface area contributed by atoms with Crippen molar-refractivity contribution in [2.75, 3.05) is 0 Å². The SMILES string of the molecule is O=C(c1c(F)cccc1Cl)c1c[nH]c2cc(Br)ccc12. The lowest BCUT2D eigenvalue weighted by Crippen LogP contribution is -2.04. The molecule has 0 fully saturated rings. The number of rotatable bonds is 2. The van der Waals surface area contributed by atoms with Crippen LogP contribution in [0.5, 0.6) is 0 Å². The summed E-state index contributed by atoms with van der Waals surface area (Å²) in [7, 11) is 0. The number of carbonyl (C=O) groups excluding carboxylic acids is 1. The highest BCUT2D eigenvalue weighted by molar-refractivity contribution is 9.10. The second kappa shape index (κ2) is 5.04. The summed E-state index contributed by atoms with van der Waals surface area (Å²) < 4.78 is 14.7. The molecule has 0 aliphatic heterocycles. The van der Waals surface area contributed by atoms with Crippen LogP contribution in [0, 0.1) is 5.82 Å². The third-order valence-corrected chi connectivity index (χ3v) is 3.89. The Morgan fingerprint density at radius 1 is 1.25 bits per heavy atom. The van der Waals surface area contributed by atoms with Gasteiger partial charge in [0, 0.05) is 27.1 Å². The highest BCUT2D eigenvalue weighted by Gasteiger charge is 2.20. The van der Waals surface area contributed by atoms with E-state index in [4.69, 9.17) is 11.6 Å². The van der Waals surface area contributed by atoms with Crippen molar-refractivity contribution in [3.8, 4) is 0 Å². The van der Waals surface area contributed by atoms with Gasteiger partial charge in [0.25, 0.3) is 0 Å². The maximum absolute atomic E-state index is 13.8. The number of benzene rings is 2. The van der Waals surface area contributed by atoms with E-state index in [1.807, 2.05) is 12.1 Å². The monoisotopic (exact) mass is 351 g/mol. The van der Waals surface area contributed by atoms with E-state index in [1.165, 1.54) is 18.2 Å². The number of halogens is 3. The molecule has 100 valence electrons. The van der Waals surface area contributed by atoms with Crippen molar-refractivity contribution in [1.82, 2.24) is 4.98 Å². The largest absolute Gasteiger partial charge is 0.360 e. The maximum Gasteiger partial charge on any atom is 0.199 e. The maximum atomic E-state index is 13.8. The van der Waals surface area contributed by atoms with Crippen molar-refractivity contribution in [1.29, 1.82) is 0 Å². The van der Waals surface area contributed by atoms with Crippen LogP contribution in [0.15, 0.2) is 47.1 Å². The van der Waals surface area contributed by atoms with Crippen LogP contribution in [0.2, 0.25) is 5.02 Å². The molecule has 0 radical (unpaired) electrons. The fourth-order valence-corrected chi connectivity index (χ4v) is 2.75. The van der Waals surface area contributed by atoms with E-state index >= 15 is 0 Å². The minimum atomic E-state index is -0.617. The number of ketones is 1. The van der Waals surface area contributed by atoms with Gasteiger partial charge in [-0.3, -0.25) is 4.79 Å². The third kappa shape index (κ3) is 2.15. The molecule has 0 atom stereocenters. The van der Waals surface area contributed by atoms with Gasteiger partial charge in [0.1, 0.15) is 5.82 Å². The molecular formula is C15H8BrClFNO. The highest BCUT2D eigenvalue weighted by atomic mass is 79.9. The van der Waals surface area contributed by atoms with E-state index in [1.54, 1.807) is 12.3 Å². The summed E-state index contributed by atoms with van der Waals surface area (Å²) in [6, 6.07) is 9.69. The Bertz CT molecular complexity index is 808. The van der Waals surface area contributed by atoms with E-state index in [0.29, 0.717) is 5.56 Å². The van der Waals surface area contributed by atoms with Gasteiger partial charge in [0.2, 0.25) is 0 Å². The fourth-order valence-electron chi connectivity index (χ4n) is 2.14. The molecule has 3 rings (SSSR count). The van der Waals surface area contributed by atoms with E-state index in [-0.39, 0.29) is 10.6 Å². The van der Waals surface area contributed by atoms with E-state index in [0.717, 1.165) is 15.4 Å². The van der Waals surface area contributed by atoms with Crippen LogP contribution in [-0.4, -0.2) is 10.8 Å². The van der Waals surface area contributed by atoms with Crippen LogP contribution in [0.3, 0.4) is 0 Å². The first-order valence-corrected chi connectivity index (χ1v) is 7.00. The summed E-state index contributed by atoms with van der Waals surface area (Å²) in [5, 5.41) is 0.846. The van der Waals surface area contributed by atoms with E-state index in [9.17, 15) is 9.18 Å². The molecule has 3 aromatic rings. The zero-order valence-electron chi connectivity index (χ0n) is 10.1. The molecule has 1 aromatic heterocycles. The van der Waals surface area contributed by atoms with Crippen LogP contribution >= 0.6 is 27.5 Å². The Kier molecular flexibility index (Phi) is 3.36. The normalized spacial score (nSPS) is 10.9. The van der Waals surface area contributed by atoms with E-state index in [2.05, 4.69) is 20.9 Å². The first kappa shape index (κ1) is 13.3. The van der Waals surface area contributed by atoms with Crippen molar-refractivity contribution < 1.29 is 9.18 Å². The predicted molar refractivity (Wildman–Crippen MR) is 80.8 cm³/mol.